The van der Waals surface area contributed by atoms with Crippen LogP contribution in [0.3, 0.4) is 0 Å². The summed E-state index contributed by atoms with van der Waals surface area (Å²) >= 11 is 0. The van der Waals surface area contributed by atoms with Gasteiger partial charge in [0, 0.05) is 19.3 Å². The lowest BCUT2D eigenvalue weighted by atomic mass is 9.75. The van der Waals surface area contributed by atoms with Crippen LogP contribution in [0.15, 0.2) is 18.3 Å². The quantitative estimate of drug-likeness (QED) is 0.842. The molecular weight excluding hydrogens is 238 g/mol. The van der Waals surface area contributed by atoms with Crippen molar-refractivity contribution in [3.8, 4) is 0 Å². The first-order valence-corrected chi connectivity index (χ1v) is 7.25. The number of rotatable bonds is 1. The highest BCUT2D eigenvalue weighted by Crippen LogP contribution is 2.36. The Labute approximate surface area is 114 Å². The molecule has 2 unspecified atom stereocenters. The van der Waals surface area contributed by atoms with Gasteiger partial charge in [-0.25, -0.2) is 4.98 Å². The summed E-state index contributed by atoms with van der Waals surface area (Å²) in [6.07, 6.45) is 8.09. The van der Waals surface area contributed by atoms with E-state index in [0.717, 1.165) is 19.0 Å². The van der Waals surface area contributed by atoms with Crippen LogP contribution in [0, 0.1) is 11.8 Å². The van der Waals surface area contributed by atoms with E-state index in [-0.39, 0.29) is 5.91 Å². The number of amides is 1. The molecule has 0 spiro atoms. The van der Waals surface area contributed by atoms with Gasteiger partial charge in [0.05, 0.1) is 5.56 Å². The third-order valence-corrected chi connectivity index (χ3v) is 4.61. The van der Waals surface area contributed by atoms with Crippen LogP contribution in [0.4, 0.5) is 5.82 Å². The largest absolute Gasteiger partial charge is 0.384 e. The zero-order chi connectivity index (χ0) is 13.2. The lowest BCUT2D eigenvalue weighted by Gasteiger charge is -2.41. The van der Waals surface area contributed by atoms with E-state index in [4.69, 9.17) is 5.73 Å². The molecule has 2 heterocycles. The van der Waals surface area contributed by atoms with Crippen LogP contribution in [0.2, 0.25) is 0 Å². The number of aromatic nitrogens is 1. The molecule has 4 heteroatoms. The molecule has 102 valence electrons. The number of piperidine rings is 1. The van der Waals surface area contributed by atoms with Crippen LogP contribution in [-0.2, 0) is 0 Å². The van der Waals surface area contributed by atoms with Gasteiger partial charge in [0.15, 0.2) is 0 Å². The molecule has 0 aromatic carbocycles. The van der Waals surface area contributed by atoms with Crippen molar-refractivity contribution >= 4 is 11.7 Å². The van der Waals surface area contributed by atoms with Crippen LogP contribution in [0.5, 0.6) is 0 Å². The highest BCUT2D eigenvalue weighted by Gasteiger charge is 2.33. The van der Waals surface area contributed by atoms with Crippen molar-refractivity contribution < 1.29 is 4.79 Å². The molecule has 1 aromatic heterocycles. The number of fused-ring (bicyclic) bond motifs is 1. The van der Waals surface area contributed by atoms with Crippen molar-refractivity contribution in [1.82, 2.24) is 9.88 Å². The van der Waals surface area contributed by atoms with Crippen LogP contribution in [0.1, 0.15) is 42.5 Å². The Hall–Kier alpha value is -1.58. The predicted octanol–water partition coefficient (Wildman–Crippen LogP) is 2.32. The second kappa shape index (κ2) is 5.19. The average Bonchev–Trinajstić information content (AvgIpc) is 2.47. The molecule has 2 atom stereocenters. The van der Waals surface area contributed by atoms with Crippen molar-refractivity contribution in [1.29, 1.82) is 0 Å². The fraction of sp³-hybridized carbons (Fsp3) is 0.600. The number of pyridine rings is 1. The lowest BCUT2D eigenvalue weighted by molar-refractivity contribution is 0.0520. The molecule has 2 fully saturated rings. The summed E-state index contributed by atoms with van der Waals surface area (Å²) in [4.78, 5) is 18.4. The number of likely N-dealkylation sites (tertiary alicyclic amines) is 1. The normalized spacial score (nSPS) is 26.8. The minimum atomic E-state index is 0.108. The Bertz CT molecular complexity index is 457. The van der Waals surface area contributed by atoms with E-state index in [1.165, 1.54) is 32.1 Å². The van der Waals surface area contributed by atoms with Gasteiger partial charge in [-0.15, -0.1) is 0 Å². The fourth-order valence-electron chi connectivity index (χ4n) is 3.50. The summed E-state index contributed by atoms with van der Waals surface area (Å²) in [5, 5.41) is 0. The monoisotopic (exact) mass is 259 g/mol. The number of hydrogen-bond donors (Lipinski definition) is 1. The smallest absolute Gasteiger partial charge is 0.255 e. The number of nitrogens with zero attached hydrogens (tertiary/aromatic N) is 2. The van der Waals surface area contributed by atoms with Crippen LogP contribution < -0.4 is 5.73 Å². The van der Waals surface area contributed by atoms with E-state index in [1.807, 2.05) is 4.90 Å². The zero-order valence-corrected chi connectivity index (χ0v) is 11.2. The average molecular weight is 259 g/mol. The second-order valence-electron chi connectivity index (χ2n) is 5.82. The minimum absolute atomic E-state index is 0.108. The number of anilines is 1. The van der Waals surface area contributed by atoms with Gasteiger partial charge in [-0.1, -0.05) is 19.3 Å². The first-order chi connectivity index (χ1) is 9.24. The van der Waals surface area contributed by atoms with E-state index in [1.54, 1.807) is 18.3 Å². The third kappa shape index (κ3) is 2.57. The Morgan fingerprint density at radius 2 is 2.00 bits per heavy atom. The summed E-state index contributed by atoms with van der Waals surface area (Å²) in [6.45, 7) is 1.82. The molecule has 2 N–H and O–H groups in total. The number of carbonyl (C=O) groups is 1. The van der Waals surface area contributed by atoms with Crippen molar-refractivity contribution in [2.24, 2.45) is 11.8 Å². The summed E-state index contributed by atoms with van der Waals surface area (Å²) in [5.41, 5.74) is 6.21. The topological polar surface area (TPSA) is 59.2 Å². The fourth-order valence-corrected chi connectivity index (χ4v) is 3.50. The van der Waals surface area contributed by atoms with Gasteiger partial charge < -0.3 is 10.6 Å². The first-order valence-electron chi connectivity index (χ1n) is 7.25. The Kier molecular flexibility index (Phi) is 3.40. The number of carbonyl (C=O) groups excluding carboxylic acids is 1. The predicted molar refractivity (Wildman–Crippen MR) is 74.6 cm³/mol. The molecular formula is C15H21N3O. The highest BCUT2D eigenvalue weighted by atomic mass is 16.2. The molecule has 1 saturated carbocycles. The van der Waals surface area contributed by atoms with Crippen LogP contribution in [-0.4, -0.2) is 28.9 Å². The molecule has 4 nitrogen and oxygen atoms in total. The number of nitrogen functional groups attached to an aromatic ring is 1. The van der Waals surface area contributed by atoms with E-state index in [0.29, 0.717) is 17.3 Å². The van der Waals surface area contributed by atoms with E-state index in [9.17, 15) is 4.79 Å². The van der Waals surface area contributed by atoms with Crippen molar-refractivity contribution in [2.75, 3.05) is 18.8 Å². The number of nitrogens with two attached hydrogens (primary N) is 1. The maximum atomic E-state index is 12.4. The van der Waals surface area contributed by atoms with Crippen molar-refractivity contribution in [3.63, 3.8) is 0 Å². The van der Waals surface area contributed by atoms with Gasteiger partial charge in [-0.3, -0.25) is 4.79 Å². The summed E-state index contributed by atoms with van der Waals surface area (Å²) in [7, 11) is 0. The summed E-state index contributed by atoms with van der Waals surface area (Å²) < 4.78 is 0. The van der Waals surface area contributed by atoms with Gasteiger partial charge in [0.2, 0.25) is 0 Å². The lowest BCUT2D eigenvalue weighted by Crippen LogP contribution is -2.44. The second-order valence-corrected chi connectivity index (χ2v) is 5.82. The molecule has 0 bridgehead atoms. The molecule has 1 aliphatic heterocycles. The highest BCUT2D eigenvalue weighted by molar-refractivity contribution is 5.94. The third-order valence-electron chi connectivity index (χ3n) is 4.61. The molecule has 2 aliphatic rings. The van der Waals surface area contributed by atoms with Crippen molar-refractivity contribution in [2.45, 2.75) is 32.1 Å². The van der Waals surface area contributed by atoms with E-state index in [2.05, 4.69) is 4.98 Å². The van der Waals surface area contributed by atoms with Crippen LogP contribution >= 0.6 is 0 Å². The van der Waals surface area contributed by atoms with Crippen molar-refractivity contribution in [3.05, 3.63) is 23.9 Å². The standard InChI is InChI=1S/C15H21N3O/c16-14-6-5-12(9-17-14)15(19)18-8-7-11-3-1-2-4-13(11)10-18/h5-6,9,11,13H,1-4,7-8,10H2,(H2,16,17). The van der Waals surface area contributed by atoms with E-state index < -0.39 is 0 Å². The summed E-state index contributed by atoms with van der Waals surface area (Å²) in [5.74, 6) is 2.13. The van der Waals surface area contributed by atoms with Gasteiger partial charge in [0.25, 0.3) is 5.91 Å². The maximum absolute atomic E-state index is 12.4. The van der Waals surface area contributed by atoms with Gasteiger partial charge in [-0.2, -0.15) is 0 Å². The SMILES string of the molecule is Nc1ccc(C(=O)N2CCC3CCCCC3C2)cn1. The zero-order valence-electron chi connectivity index (χ0n) is 11.2. The molecule has 0 radical (unpaired) electrons. The number of hydrogen-bond acceptors (Lipinski definition) is 3. The Morgan fingerprint density at radius 1 is 1.21 bits per heavy atom. The molecule has 1 aliphatic carbocycles. The minimum Gasteiger partial charge on any atom is -0.384 e. The Balaban J connectivity index is 1.69. The molecule has 19 heavy (non-hydrogen) atoms. The van der Waals surface area contributed by atoms with Gasteiger partial charge in [-0.05, 0) is 36.8 Å². The molecule has 1 amide bonds. The van der Waals surface area contributed by atoms with Gasteiger partial charge in [0.1, 0.15) is 5.82 Å². The molecule has 1 aromatic rings. The first kappa shape index (κ1) is 12.5. The van der Waals surface area contributed by atoms with Gasteiger partial charge >= 0.3 is 0 Å². The van der Waals surface area contributed by atoms with Crippen LogP contribution in [0.25, 0.3) is 0 Å². The Morgan fingerprint density at radius 3 is 2.74 bits per heavy atom. The molecule has 3 rings (SSSR count). The van der Waals surface area contributed by atoms with E-state index >= 15 is 0 Å². The molecule has 1 saturated heterocycles. The summed E-state index contributed by atoms with van der Waals surface area (Å²) in [6, 6.07) is 3.47. The maximum Gasteiger partial charge on any atom is 0.255 e.